The van der Waals surface area contributed by atoms with Gasteiger partial charge in [-0.3, -0.25) is 4.79 Å². The largest absolute Gasteiger partial charge is 0.378 e. The molecule has 1 aromatic heterocycles. The first-order chi connectivity index (χ1) is 10.2. The summed E-state index contributed by atoms with van der Waals surface area (Å²) in [6.45, 7) is 4.69. The molecule has 0 aliphatic carbocycles. The van der Waals surface area contributed by atoms with Crippen molar-refractivity contribution in [3.63, 3.8) is 0 Å². The Morgan fingerprint density at radius 1 is 1.38 bits per heavy atom. The molecule has 1 aliphatic rings. The van der Waals surface area contributed by atoms with Crippen LogP contribution < -0.4 is 10.2 Å². The SMILES string of the molecule is CN(C)CCCNC(=O)c1cccc(N2CCOCC2)n1. The highest BCUT2D eigenvalue weighted by Crippen LogP contribution is 2.13. The second kappa shape index (κ2) is 7.95. The summed E-state index contributed by atoms with van der Waals surface area (Å²) >= 11 is 0. The Morgan fingerprint density at radius 2 is 2.14 bits per heavy atom. The highest BCUT2D eigenvalue weighted by atomic mass is 16.5. The fourth-order valence-electron chi connectivity index (χ4n) is 2.21. The van der Waals surface area contributed by atoms with Gasteiger partial charge in [0, 0.05) is 19.6 Å². The van der Waals surface area contributed by atoms with Gasteiger partial charge in [-0.1, -0.05) is 6.07 Å². The number of pyridine rings is 1. The van der Waals surface area contributed by atoms with Crippen LogP contribution in [0.1, 0.15) is 16.9 Å². The summed E-state index contributed by atoms with van der Waals surface area (Å²) < 4.78 is 5.33. The summed E-state index contributed by atoms with van der Waals surface area (Å²) in [7, 11) is 4.05. The zero-order valence-corrected chi connectivity index (χ0v) is 12.8. The van der Waals surface area contributed by atoms with E-state index in [2.05, 4.69) is 20.1 Å². The molecule has 1 amide bonds. The normalized spacial score (nSPS) is 15.3. The molecule has 0 saturated carbocycles. The fraction of sp³-hybridized carbons (Fsp3) is 0.600. The van der Waals surface area contributed by atoms with Crippen LogP contribution in [0, 0.1) is 0 Å². The third-order valence-electron chi connectivity index (χ3n) is 3.37. The molecule has 2 heterocycles. The van der Waals surface area contributed by atoms with E-state index in [0.717, 1.165) is 31.9 Å². The molecular formula is C15H24N4O2. The number of carbonyl (C=O) groups excluding carboxylic acids is 1. The van der Waals surface area contributed by atoms with Gasteiger partial charge in [0.2, 0.25) is 0 Å². The van der Waals surface area contributed by atoms with Crippen LogP contribution in [0.5, 0.6) is 0 Å². The number of anilines is 1. The molecule has 0 bridgehead atoms. The number of hydrogen-bond acceptors (Lipinski definition) is 5. The first-order valence-corrected chi connectivity index (χ1v) is 7.39. The monoisotopic (exact) mass is 292 g/mol. The summed E-state index contributed by atoms with van der Waals surface area (Å²) in [6.07, 6.45) is 0.932. The number of carbonyl (C=O) groups is 1. The first kappa shape index (κ1) is 15.7. The predicted molar refractivity (Wildman–Crippen MR) is 82.8 cm³/mol. The van der Waals surface area contributed by atoms with Gasteiger partial charge >= 0.3 is 0 Å². The topological polar surface area (TPSA) is 57.7 Å². The molecule has 0 aromatic carbocycles. The van der Waals surface area contributed by atoms with Gasteiger partial charge in [-0.05, 0) is 39.2 Å². The third-order valence-corrected chi connectivity index (χ3v) is 3.37. The van der Waals surface area contributed by atoms with Crippen molar-refractivity contribution in [1.82, 2.24) is 15.2 Å². The van der Waals surface area contributed by atoms with Gasteiger partial charge in [-0.15, -0.1) is 0 Å². The van der Waals surface area contributed by atoms with E-state index in [-0.39, 0.29) is 5.91 Å². The standard InChI is InChI=1S/C15H24N4O2/c1-18(2)8-4-7-16-15(20)13-5-3-6-14(17-13)19-9-11-21-12-10-19/h3,5-6H,4,7-12H2,1-2H3,(H,16,20). The predicted octanol–water partition coefficient (Wildman–Crippen LogP) is 0.600. The van der Waals surface area contributed by atoms with Crippen molar-refractivity contribution in [2.45, 2.75) is 6.42 Å². The maximum atomic E-state index is 12.1. The van der Waals surface area contributed by atoms with Crippen LogP contribution in [0.3, 0.4) is 0 Å². The molecule has 0 spiro atoms. The smallest absolute Gasteiger partial charge is 0.269 e. The summed E-state index contributed by atoms with van der Waals surface area (Å²) in [5.74, 6) is 0.739. The lowest BCUT2D eigenvalue weighted by Crippen LogP contribution is -2.37. The first-order valence-electron chi connectivity index (χ1n) is 7.39. The van der Waals surface area contributed by atoms with Crippen LogP contribution in [-0.2, 0) is 4.74 Å². The van der Waals surface area contributed by atoms with Gasteiger partial charge in [0.25, 0.3) is 5.91 Å². The van der Waals surface area contributed by atoms with Crippen molar-refractivity contribution in [2.75, 3.05) is 58.4 Å². The van der Waals surface area contributed by atoms with E-state index < -0.39 is 0 Å². The minimum atomic E-state index is -0.108. The Balaban J connectivity index is 1.88. The van der Waals surface area contributed by atoms with Crippen molar-refractivity contribution < 1.29 is 9.53 Å². The number of aromatic nitrogens is 1. The van der Waals surface area contributed by atoms with Crippen molar-refractivity contribution in [2.24, 2.45) is 0 Å². The van der Waals surface area contributed by atoms with Crippen LogP contribution in [0.2, 0.25) is 0 Å². The zero-order chi connectivity index (χ0) is 15.1. The van der Waals surface area contributed by atoms with Crippen molar-refractivity contribution in [3.8, 4) is 0 Å². The second-order valence-electron chi connectivity index (χ2n) is 5.39. The van der Waals surface area contributed by atoms with E-state index >= 15 is 0 Å². The quantitative estimate of drug-likeness (QED) is 0.778. The van der Waals surface area contributed by atoms with Crippen LogP contribution in [-0.4, -0.2) is 69.3 Å². The number of morpholine rings is 1. The molecule has 2 rings (SSSR count). The Kier molecular flexibility index (Phi) is 5.95. The summed E-state index contributed by atoms with van der Waals surface area (Å²) in [5, 5.41) is 2.91. The van der Waals surface area contributed by atoms with Crippen LogP contribution >= 0.6 is 0 Å². The molecule has 1 aliphatic heterocycles. The van der Waals surface area contributed by atoms with Crippen molar-refractivity contribution in [3.05, 3.63) is 23.9 Å². The summed E-state index contributed by atoms with van der Waals surface area (Å²) in [5.41, 5.74) is 0.476. The molecule has 0 radical (unpaired) electrons. The van der Waals surface area contributed by atoms with E-state index in [4.69, 9.17) is 4.74 Å². The lowest BCUT2D eigenvalue weighted by molar-refractivity contribution is 0.0947. The third kappa shape index (κ3) is 4.99. The van der Waals surface area contributed by atoms with E-state index in [1.54, 1.807) is 6.07 Å². The lowest BCUT2D eigenvalue weighted by Gasteiger charge is -2.27. The van der Waals surface area contributed by atoms with Gasteiger partial charge < -0.3 is 19.9 Å². The van der Waals surface area contributed by atoms with Gasteiger partial charge in [0.05, 0.1) is 13.2 Å². The highest BCUT2D eigenvalue weighted by Gasteiger charge is 2.14. The van der Waals surface area contributed by atoms with Crippen molar-refractivity contribution >= 4 is 11.7 Å². The number of nitrogens with one attached hydrogen (secondary N) is 1. The number of nitrogens with zero attached hydrogens (tertiary/aromatic N) is 3. The van der Waals surface area contributed by atoms with Crippen LogP contribution in [0.15, 0.2) is 18.2 Å². The molecule has 116 valence electrons. The Morgan fingerprint density at radius 3 is 2.86 bits per heavy atom. The molecule has 1 aromatic rings. The average molecular weight is 292 g/mol. The summed E-state index contributed by atoms with van der Waals surface area (Å²) in [4.78, 5) is 20.8. The van der Waals surface area contributed by atoms with Gasteiger partial charge in [0.1, 0.15) is 11.5 Å². The van der Waals surface area contributed by atoms with E-state index in [9.17, 15) is 4.79 Å². The van der Waals surface area contributed by atoms with Gasteiger partial charge in [-0.25, -0.2) is 4.98 Å². The Bertz CT molecular complexity index is 459. The molecule has 1 fully saturated rings. The van der Waals surface area contributed by atoms with Crippen LogP contribution in [0.4, 0.5) is 5.82 Å². The Hall–Kier alpha value is -1.66. The number of hydrogen-bond donors (Lipinski definition) is 1. The van der Waals surface area contributed by atoms with Crippen LogP contribution in [0.25, 0.3) is 0 Å². The van der Waals surface area contributed by atoms with E-state index in [1.807, 2.05) is 26.2 Å². The second-order valence-corrected chi connectivity index (χ2v) is 5.39. The highest BCUT2D eigenvalue weighted by molar-refractivity contribution is 5.92. The van der Waals surface area contributed by atoms with Gasteiger partial charge in [0.15, 0.2) is 0 Å². The molecule has 0 atom stereocenters. The fourth-order valence-corrected chi connectivity index (χ4v) is 2.21. The van der Waals surface area contributed by atoms with Gasteiger partial charge in [-0.2, -0.15) is 0 Å². The van der Waals surface area contributed by atoms with E-state index in [1.165, 1.54) is 0 Å². The number of rotatable bonds is 6. The Labute approximate surface area is 126 Å². The minimum absolute atomic E-state index is 0.108. The maximum absolute atomic E-state index is 12.1. The number of ether oxygens (including phenoxy) is 1. The molecule has 0 unspecified atom stereocenters. The van der Waals surface area contributed by atoms with Crippen molar-refractivity contribution in [1.29, 1.82) is 0 Å². The molecule has 6 nitrogen and oxygen atoms in total. The lowest BCUT2D eigenvalue weighted by atomic mass is 10.3. The molecule has 6 heteroatoms. The van der Waals surface area contributed by atoms with E-state index in [0.29, 0.717) is 25.5 Å². The molecule has 21 heavy (non-hydrogen) atoms. The number of amides is 1. The molecular weight excluding hydrogens is 268 g/mol. The minimum Gasteiger partial charge on any atom is -0.378 e. The zero-order valence-electron chi connectivity index (χ0n) is 12.8. The average Bonchev–Trinajstić information content (AvgIpc) is 2.52. The summed E-state index contributed by atoms with van der Waals surface area (Å²) in [6, 6.07) is 5.58. The molecule has 1 N–H and O–H groups in total. The maximum Gasteiger partial charge on any atom is 0.269 e. The molecule has 1 saturated heterocycles.